The zero-order valence-corrected chi connectivity index (χ0v) is 21.2. The maximum atomic E-state index is 14.2. The first-order chi connectivity index (χ1) is 16.5. The summed E-state index contributed by atoms with van der Waals surface area (Å²) < 4.78 is 53.0. The van der Waals surface area contributed by atoms with Gasteiger partial charge in [0.25, 0.3) is 0 Å². The van der Waals surface area contributed by atoms with Crippen LogP contribution in [0.4, 0.5) is 14.5 Å². The van der Waals surface area contributed by atoms with Crippen LogP contribution in [-0.2, 0) is 26.2 Å². The zero-order valence-electron chi connectivity index (χ0n) is 20.3. The Balaban J connectivity index is 2.14. The molecule has 10 heteroatoms. The lowest BCUT2D eigenvalue weighted by Crippen LogP contribution is -2.48. The van der Waals surface area contributed by atoms with Gasteiger partial charge in [0.1, 0.15) is 17.7 Å². The van der Waals surface area contributed by atoms with Crippen molar-refractivity contribution in [1.82, 2.24) is 10.2 Å². The van der Waals surface area contributed by atoms with E-state index in [0.29, 0.717) is 12.1 Å². The van der Waals surface area contributed by atoms with E-state index in [4.69, 9.17) is 0 Å². The Morgan fingerprint density at radius 1 is 1.03 bits per heavy atom. The highest BCUT2D eigenvalue weighted by molar-refractivity contribution is 7.92. The molecule has 0 aliphatic carbocycles. The second-order valence-electron chi connectivity index (χ2n) is 8.36. The Morgan fingerprint density at radius 3 is 2.29 bits per heavy atom. The van der Waals surface area contributed by atoms with E-state index in [1.807, 2.05) is 6.92 Å². The van der Waals surface area contributed by atoms with Gasteiger partial charge in [-0.2, -0.15) is 0 Å². The molecular formula is C25H33F2N3O4S. The van der Waals surface area contributed by atoms with Crippen LogP contribution in [0.1, 0.15) is 45.1 Å². The predicted molar refractivity (Wildman–Crippen MR) is 132 cm³/mol. The maximum Gasteiger partial charge on any atom is 0.242 e. The highest BCUT2D eigenvalue weighted by Gasteiger charge is 2.27. The van der Waals surface area contributed by atoms with Gasteiger partial charge in [0.05, 0.1) is 11.9 Å². The van der Waals surface area contributed by atoms with Crippen LogP contribution in [0.3, 0.4) is 0 Å². The molecule has 0 spiro atoms. The first-order valence-corrected chi connectivity index (χ1v) is 13.4. The molecule has 1 N–H and O–H groups in total. The van der Waals surface area contributed by atoms with Crippen LogP contribution >= 0.6 is 0 Å². The molecule has 192 valence electrons. The lowest BCUT2D eigenvalue weighted by atomic mass is 10.1. The molecule has 2 aromatic carbocycles. The van der Waals surface area contributed by atoms with Crippen molar-refractivity contribution in [3.8, 4) is 0 Å². The van der Waals surface area contributed by atoms with Crippen LogP contribution in [0, 0.1) is 11.6 Å². The van der Waals surface area contributed by atoms with Crippen molar-refractivity contribution in [3.05, 3.63) is 65.7 Å². The summed E-state index contributed by atoms with van der Waals surface area (Å²) in [6.45, 7) is 4.09. The summed E-state index contributed by atoms with van der Waals surface area (Å²) in [6, 6.07) is 10.4. The van der Waals surface area contributed by atoms with Gasteiger partial charge in [-0.05, 0) is 49.6 Å². The summed E-state index contributed by atoms with van der Waals surface area (Å²) in [7, 11) is -3.79. The second kappa shape index (κ2) is 13.2. The minimum absolute atomic E-state index is 0.0613. The fraction of sp³-hybridized carbons (Fsp3) is 0.440. The van der Waals surface area contributed by atoms with Crippen molar-refractivity contribution in [2.75, 3.05) is 23.7 Å². The molecule has 35 heavy (non-hydrogen) atoms. The van der Waals surface area contributed by atoms with Crippen molar-refractivity contribution in [2.45, 2.75) is 52.1 Å². The fourth-order valence-corrected chi connectivity index (χ4v) is 4.51. The van der Waals surface area contributed by atoms with E-state index in [-0.39, 0.29) is 43.4 Å². The summed E-state index contributed by atoms with van der Waals surface area (Å²) in [6.07, 6.45) is 2.75. The Labute approximate surface area is 206 Å². The van der Waals surface area contributed by atoms with Gasteiger partial charge in [0, 0.05) is 26.1 Å². The number of anilines is 1. The number of rotatable bonds is 13. The van der Waals surface area contributed by atoms with E-state index in [1.54, 1.807) is 19.1 Å². The van der Waals surface area contributed by atoms with Gasteiger partial charge in [0.15, 0.2) is 0 Å². The lowest BCUT2D eigenvalue weighted by Gasteiger charge is -2.29. The number of nitrogens with zero attached hydrogens (tertiary/aromatic N) is 2. The van der Waals surface area contributed by atoms with E-state index in [1.165, 1.54) is 41.3 Å². The summed E-state index contributed by atoms with van der Waals surface area (Å²) in [5.41, 5.74) is 0.561. The van der Waals surface area contributed by atoms with Crippen molar-refractivity contribution in [3.63, 3.8) is 0 Å². The molecule has 0 aliphatic heterocycles. The van der Waals surface area contributed by atoms with Crippen LogP contribution in [0.25, 0.3) is 0 Å². The number of amides is 2. The number of halogens is 2. The number of carbonyl (C=O) groups is 2. The van der Waals surface area contributed by atoms with Crippen LogP contribution in [0.2, 0.25) is 0 Å². The smallest absolute Gasteiger partial charge is 0.242 e. The fourth-order valence-electron chi connectivity index (χ4n) is 3.54. The number of nitrogens with one attached hydrogen (secondary N) is 1. The number of unbranched alkanes of at least 4 members (excludes halogenated alkanes) is 1. The average molecular weight is 510 g/mol. The molecular weight excluding hydrogens is 476 g/mol. The Kier molecular flexibility index (Phi) is 10.6. The van der Waals surface area contributed by atoms with Crippen LogP contribution < -0.4 is 9.62 Å². The van der Waals surface area contributed by atoms with Gasteiger partial charge in [-0.1, -0.05) is 37.6 Å². The minimum atomic E-state index is -3.79. The van der Waals surface area contributed by atoms with Crippen molar-refractivity contribution < 1.29 is 26.8 Å². The van der Waals surface area contributed by atoms with Crippen molar-refractivity contribution in [1.29, 1.82) is 0 Å². The summed E-state index contributed by atoms with van der Waals surface area (Å²) in [5, 5.41) is 2.81. The van der Waals surface area contributed by atoms with Crippen LogP contribution in [-0.4, -0.2) is 50.5 Å². The SMILES string of the molecule is CCCCNC(=O)[C@@H](C)N(Cc1ccc(F)cc1)C(=O)CCCN(c1ccccc1F)S(C)(=O)=O. The highest BCUT2D eigenvalue weighted by atomic mass is 32.2. The van der Waals surface area contributed by atoms with Gasteiger partial charge in [-0.25, -0.2) is 17.2 Å². The largest absolute Gasteiger partial charge is 0.354 e. The average Bonchev–Trinajstić information content (AvgIpc) is 2.81. The first-order valence-electron chi connectivity index (χ1n) is 11.6. The number of benzene rings is 2. The summed E-state index contributed by atoms with van der Waals surface area (Å²) in [4.78, 5) is 27.2. The topological polar surface area (TPSA) is 86.8 Å². The Morgan fingerprint density at radius 2 is 1.69 bits per heavy atom. The van der Waals surface area contributed by atoms with Gasteiger partial charge >= 0.3 is 0 Å². The van der Waals surface area contributed by atoms with Crippen LogP contribution in [0.15, 0.2) is 48.5 Å². The number of hydrogen-bond acceptors (Lipinski definition) is 4. The molecule has 0 aromatic heterocycles. The molecule has 2 rings (SSSR count). The third-order valence-electron chi connectivity index (χ3n) is 5.54. The van der Waals surface area contributed by atoms with Gasteiger partial charge < -0.3 is 10.2 Å². The van der Waals surface area contributed by atoms with E-state index < -0.39 is 27.7 Å². The van der Waals surface area contributed by atoms with Gasteiger partial charge in [0.2, 0.25) is 21.8 Å². The lowest BCUT2D eigenvalue weighted by molar-refractivity contribution is -0.140. The Hall–Kier alpha value is -3.01. The predicted octanol–water partition coefficient (Wildman–Crippen LogP) is 3.84. The number of carbonyl (C=O) groups excluding carboxylic acids is 2. The quantitative estimate of drug-likeness (QED) is 0.416. The molecule has 0 fully saturated rings. The highest BCUT2D eigenvalue weighted by Crippen LogP contribution is 2.22. The third-order valence-corrected chi connectivity index (χ3v) is 6.72. The van der Waals surface area contributed by atoms with E-state index in [9.17, 15) is 26.8 Å². The normalized spacial score (nSPS) is 12.1. The monoisotopic (exact) mass is 509 g/mol. The van der Waals surface area contributed by atoms with Gasteiger partial charge in [-0.3, -0.25) is 13.9 Å². The van der Waals surface area contributed by atoms with E-state index in [2.05, 4.69) is 5.32 Å². The summed E-state index contributed by atoms with van der Waals surface area (Å²) >= 11 is 0. The maximum absolute atomic E-state index is 14.2. The van der Waals surface area contributed by atoms with E-state index >= 15 is 0 Å². The molecule has 1 atom stereocenters. The molecule has 0 heterocycles. The molecule has 0 aliphatic rings. The number of sulfonamides is 1. The van der Waals surface area contributed by atoms with Crippen molar-refractivity contribution in [2.24, 2.45) is 0 Å². The molecule has 0 saturated carbocycles. The first kappa shape index (κ1) is 28.2. The molecule has 2 amide bonds. The molecule has 7 nitrogen and oxygen atoms in total. The summed E-state index contributed by atoms with van der Waals surface area (Å²) in [5.74, 6) is -1.77. The van der Waals surface area contributed by atoms with Crippen molar-refractivity contribution >= 4 is 27.5 Å². The Bertz CT molecular complexity index is 1090. The molecule has 0 radical (unpaired) electrons. The van der Waals surface area contributed by atoms with E-state index in [0.717, 1.165) is 23.4 Å². The standard InChI is InChI=1S/C25H33F2N3O4S/c1-4-5-16-28-25(32)19(2)29(18-20-12-14-21(26)15-13-20)24(31)11-8-17-30(35(3,33)34)23-10-7-6-9-22(23)27/h6-7,9-10,12-15,19H,4-5,8,11,16-18H2,1-3H3,(H,28,32)/t19-/m1/s1. The second-order valence-corrected chi connectivity index (χ2v) is 10.3. The molecule has 0 bridgehead atoms. The molecule has 2 aromatic rings. The molecule has 0 unspecified atom stereocenters. The van der Waals surface area contributed by atoms with Gasteiger partial charge in [-0.15, -0.1) is 0 Å². The van der Waals surface area contributed by atoms with Crippen LogP contribution in [0.5, 0.6) is 0 Å². The molecule has 0 saturated heterocycles. The zero-order chi connectivity index (χ0) is 26.0. The third kappa shape index (κ3) is 8.61. The minimum Gasteiger partial charge on any atom is -0.354 e. The number of hydrogen-bond donors (Lipinski definition) is 1. The number of para-hydroxylation sites is 1.